The van der Waals surface area contributed by atoms with Gasteiger partial charge in [-0.05, 0) is 29.1 Å². The SMILES string of the molecule is O=C([O-])c1ccc(NC2=C(Cl)C(=O)N(c3cccc4ccccc34)C2=O)cc1. The molecule has 0 aliphatic carbocycles. The van der Waals surface area contributed by atoms with Crippen molar-refractivity contribution in [2.24, 2.45) is 0 Å². The number of aromatic carboxylic acids is 1. The van der Waals surface area contributed by atoms with E-state index in [1.54, 1.807) is 12.1 Å². The second-order valence-electron chi connectivity index (χ2n) is 6.12. The normalized spacial score (nSPS) is 14.1. The molecular formula is C21H12ClN2O4-. The van der Waals surface area contributed by atoms with Crippen LogP contribution in [-0.4, -0.2) is 17.8 Å². The average molecular weight is 392 g/mol. The van der Waals surface area contributed by atoms with Crippen LogP contribution in [0.15, 0.2) is 77.5 Å². The van der Waals surface area contributed by atoms with Crippen LogP contribution in [0.5, 0.6) is 0 Å². The highest BCUT2D eigenvalue weighted by Gasteiger charge is 2.39. The van der Waals surface area contributed by atoms with Crippen molar-refractivity contribution < 1.29 is 19.5 Å². The summed E-state index contributed by atoms with van der Waals surface area (Å²) in [6, 6.07) is 18.3. The van der Waals surface area contributed by atoms with E-state index >= 15 is 0 Å². The Morgan fingerprint density at radius 1 is 0.893 bits per heavy atom. The highest BCUT2D eigenvalue weighted by molar-refractivity contribution is 6.53. The molecule has 138 valence electrons. The maximum atomic E-state index is 12.9. The molecule has 0 radical (unpaired) electrons. The van der Waals surface area contributed by atoms with Crippen LogP contribution < -0.4 is 15.3 Å². The molecule has 0 fully saturated rings. The van der Waals surface area contributed by atoms with Gasteiger partial charge in [0.05, 0.1) is 11.7 Å². The monoisotopic (exact) mass is 391 g/mol. The Morgan fingerprint density at radius 3 is 2.29 bits per heavy atom. The van der Waals surface area contributed by atoms with Crippen molar-refractivity contribution in [2.45, 2.75) is 0 Å². The molecule has 1 aliphatic rings. The number of carboxylic acid groups (broad SMARTS) is 1. The Bertz CT molecular complexity index is 1160. The molecule has 1 aliphatic heterocycles. The van der Waals surface area contributed by atoms with E-state index in [4.69, 9.17) is 11.6 Å². The Balaban J connectivity index is 1.68. The van der Waals surface area contributed by atoms with E-state index in [1.807, 2.05) is 30.3 Å². The predicted octanol–water partition coefficient (Wildman–Crippen LogP) is 2.64. The summed E-state index contributed by atoms with van der Waals surface area (Å²) in [7, 11) is 0. The molecule has 0 saturated heterocycles. The van der Waals surface area contributed by atoms with Crippen LogP contribution in [0.1, 0.15) is 10.4 Å². The molecule has 2 amide bonds. The lowest BCUT2D eigenvalue weighted by atomic mass is 10.1. The molecule has 28 heavy (non-hydrogen) atoms. The predicted molar refractivity (Wildman–Crippen MR) is 104 cm³/mol. The lowest BCUT2D eigenvalue weighted by Gasteiger charge is -2.17. The lowest BCUT2D eigenvalue weighted by molar-refractivity contribution is -0.255. The number of hydrogen-bond donors (Lipinski definition) is 1. The Morgan fingerprint density at radius 2 is 1.57 bits per heavy atom. The first-order valence-electron chi connectivity index (χ1n) is 8.32. The number of anilines is 2. The van der Waals surface area contributed by atoms with Crippen LogP contribution in [-0.2, 0) is 9.59 Å². The third kappa shape index (κ3) is 2.90. The van der Waals surface area contributed by atoms with Gasteiger partial charge in [-0.25, -0.2) is 4.90 Å². The maximum Gasteiger partial charge on any atom is 0.283 e. The summed E-state index contributed by atoms with van der Waals surface area (Å²) in [5.41, 5.74) is 0.784. The number of fused-ring (bicyclic) bond motifs is 1. The molecule has 0 unspecified atom stereocenters. The van der Waals surface area contributed by atoms with Crippen LogP contribution in [0, 0.1) is 0 Å². The first-order valence-corrected chi connectivity index (χ1v) is 8.70. The molecule has 1 N–H and O–H groups in total. The summed E-state index contributed by atoms with van der Waals surface area (Å²) in [5.74, 6) is -2.52. The molecule has 0 atom stereocenters. The Labute approximate surface area is 164 Å². The van der Waals surface area contributed by atoms with Gasteiger partial charge in [-0.1, -0.05) is 60.1 Å². The number of carbonyl (C=O) groups excluding carboxylic acids is 3. The molecule has 3 aromatic carbocycles. The van der Waals surface area contributed by atoms with E-state index < -0.39 is 17.8 Å². The second-order valence-corrected chi connectivity index (χ2v) is 6.50. The summed E-state index contributed by atoms with van der Waals surface area (Å²) >= 11 is 6.15. The van der Waals surface area contributed by atoms with Crippen molar-refractivity contribution in [3.05, 3.63) is 83.0 Å². The van der Waals surface area contributed by atoms with Crippen LogP contribution in [0.25, 0.3) is 10.8 Å². The van der Waals surface area contributed by atoms with Crippen molar-refractivity contribution in [3.8, 4) is 0 Å². The minimum absolute atomic E-state index is 0.00293. The molecule has 3 aromatic rings. The molecule has 4 rings (SSSR count). The second kappa shape index (κ2) is 6.83. The van der Waals surface area contributed by atoms with Crippen molar-refractivity contribution in [1.29, 1.82) is 0 Å². The first-order chi connectivity index (χ1) is 13.5. The zero-order valence-corrected chi connectivity index (χ0v) is 15.1. The maximum absolute atomic E-state index is 12.9. The average Bonchev–Trinajstić information content (AvgIpc) is 2.91. The summed E-state index contributed by atoms with van der Waals surface area (Å²) in [5, 5.41) is 15.0. The van der Waals surface area contributed by atoms with Crippen molar-refractivity contribution >= 4 is 51.5 Å². The summed E-state index contributed by atoms with van der Waals surface area (Å²) in [6.45, 7) is 0. The fourth-order valence-electron chi connectivity index (χ4n) is 3.07. The molecule has 0 bridgehead atoms. The number of benzene rings is 3. The zero-order valence-electron chi connectivity index (χ0n) is 14.3. The van der Waals surface area contributed by atoms with Crippen LogP contribution in [0.4, 0.5) is 11.4 Å². The molecular weight excluding hydrogens is 380 g/mol. The zero-order chi connectivity index (χ0) is 19.8. The quantitative estimate of drug-likeness (QED) is 0.690. The van der Waals surface area contributed by atoms with Gasteiger partial charge in [0.15, 0.2) is 0 Å². The third-order valence-electron chi connectivity index (χ3n) is 4.42. The van der Waals surface area contributed by atoms with Gasteiger partial charge in [0.25, 0.3) is 11.8 Å². The van der Waals surface area contributed by atoms with Gasteiger partial charge in [0.1, 0.15) is 10.7 Å². The van der Waals surface area contributed by atoms with Gasteiger partial charge in [-0.2, -0.15) is 0 Å². The molecule has 1 heterocycles. The van der Waals surface area contributed by atoms with E-state index in [-0.39, 0.29) is 16.3 Å². The van der Waals surface area contributed by atoms with Crippen molar-refractivity contribution in [3.63, 3.8) is 0 Å². The fraction of sp³-hybridized carbons (Fsp3) is 0. The number of rotatable bonds is 4. The summed E-state index contributed by atoms with van der Waals surface area (Å²) in [4.78, 5) is 37.5. The molecule has 6 nitrogen and oxygen atoms in total. The van der Waals surface area contributed by atoms with Gasteiger partial charge < -0.3 is 15.2 Å². The standard InChI is InChI=1S/C21H13ClN2O4/c22-17-18(23-14-10-8-13(9-11-14)21(27)28)20(26)24(19(17)25)16-7-3-5-12-4-1-2-6-15(12)16/h1-11,23H,(H,27,28)/p-1. The highest BCUT2D eigenvalue weighted by Crippen LogP contribution is 2.34. The van der Waals surface area contributed by atoms with Gasteiger partial charge in [0, 0.05) is 11.1 Å². The van der Waals surface area contributed by atoms with E-state index in [9.17, 15) is 19.5 Å². The van der Waals surface area contributed by atoms with Crippen molar-refractivity contribution in [2.75, 3.05) is 10.2 Å². The fourth-order valence-corrected chi connectivity index (χ4v) is 3.28. The molecule has 0 spiro atoms. The topological polar surface area (TPSA) is 89.5 Å². The van der Waals surface area contributed by atoms with Crippen LogP contribution in [0.2, 0.25) is 0 Å². The molecule has 0 aromatic heterocycles. The Hall–Kier alpha value is -3.64. The molecule has 0 saturated carbocycles. The summed E-state index contributed by atoms with van der Waals surface area (Å²) in [6.07, 6.45) is 0. The number of hydrogen-bond acceptors (Lipinski definition) is 5. The number of halogens is 1. The third-order valence-corrected chi connectivity index (χ3v) is 4.78. The van der Waals surface area contributed by atoms with Gasteiger partial charge >= 0.3 is 0 Å². The number of amides is 2. The minimum Gasteiger partial charge on any atom is -0.545 e. The van der Waals surface area contributed by atoms with E-state index in [0.717, 1.165) is 15.7 Å². The van der Waals surface area contributed by atoms with Gasteiger partial charge in [-0.15, -0.1) is 0 Å². The Kier molecular flexibility index (Phi) is 4.33. The largest absolute Gasteiger partial charge is 0.545 e. The van der Waals surface area contributed by atoms with E-state index in [0.29, 0.717) is 11.4 Å². The lowest BCUT2D eigenvalue weighted by Crippen LogP contribution is -2.32. The molecule has 7 heteroatoms. The minimum atomic E-state index is -1.31. The van der Waals surface area contributed by atoms with E-state index in [1.165, 1.54) is 24.3 Å². The highest BCUT2D eigenvalue weighted by atomic mass is 35.5. The van der Waals surface area contributed by atoms with Crippen LogP contribution in [0.3, 0.4) is 0 Å². The van der Waals surface area contributed by atoms with Gasteiger partial charge in [-0.3, -0.25) is 9.59 Å². The number of carbonyl (C=O) groups is 3. The van der Waals surface area contributed by atoms with Crippen molar-refractivity contribution in [1.82, 2.24) is 0 Å². The van der Waals surface area contributed by atoms with Crippen LogP contribution >= 0.6 is 11.6 Å². The van der Waals surface area contributed by atoms with Gasteiger partial charge in [0.2, 0.25) is 0 Å². The van der Waals surface area contributed by atoms with E-state index in [2.05, 4.69) is 5.32 Å². The first kappa shape index (κ1) is 17.8. The number of imide groups is 1. The number of carboxylic acids is 1. The number of nitrogens with zero attached hydrogens (tertiary/aromatic N) is 1. The smallest absolute Gasteiger partial charge is 0.283 e. The summed E-state index contributed by atoms with van der Waals surface area (Å²) < 4.78 is 0. The number of nitrogens with one attached hydrogen (secondary N) is 1.